The van der Waals surface area contributed by atoms with Gasteiger partial charge in [-0.2, -0.15) is 0 Å². The van der Waals surface area contributed by atoms with Crippen LogP contribution in [-0.2, 0) is 11.3 Å². The molecule has 0 bridgehead atoms. The molecule has 1 aromatic carbocycles. The van der Waals surface area contributed by atoms with Crippen molar-refractivity contribution >= 4 is 27.5 Å². The number of nitrogens with zero attached hydrogens (tertiary/aromatic N) is 1. The van der Waals surface area contributed by atoms with Crippen molar-refractivity contribution < 1.29 is 9.21 Å². The average molecular weight is 327 g/mol. The van der Waals surface area contributed by atoms with Gasteiger partial charge in [-0.3, -0.25) is 4.79 Å². The number of rotatable bonds is 4. The Balaban J connectivity index is 1.45. The lowest BCUT2D eigenvalue weighted by atomic mass is 10.1. The predicted molar refractivity (Wildman–Crippen MR) is 90.1 cm³/mol. The highest BCUT2D eigenvalue weighted by molar-refractivity contribution is 7.21. The van der Waals surface area contributed by atoms with E-state index in [0.29, 0.717) is 6.54 Å². The first-order valence-corrected chi connectivity index (χ1v) is 8.54. The van der Waals surface area contributed by atoms with Crippen molar-refractivity contribution in [1.82, 2.24) is 15.6 Å². The summed E-state index contributed by atoms with van der Waals surface area (Å²) in [6.45, 7) is 2.10. The van der Waals surface area contributed by atoms with Crippen LogP contribution >= 0.6 is 11.3 Å². The number of thiazole rings is 1. The number of hydrogen-bond donors (Lipinski definition) is 2. The van der Waals surface area contributed by atoms with Crippen LogP contribution in [0.15, 0.2) is 40.8 Å². The van der Waals surface area contributed by atoms with Gasteiger partial charge in [-0.05, 0) is 37.2 Å². The minimum atomic E-state index is 0.0775. The Morgan fingerprint density at radius 1 is 1.35 bits per heavy atom. The summed E-state index contributed by atoms with van der Waals surface area (Å²) in [6, 6.07) is 11.8. The van der Waals surface area contributed by atoms with Gasteiger partial charge in [-0.25, -0.2) is 4.98 Å². The summed E-state index contributed by atoms with van der Waals surface area (Å²) < 4.78 is 6.97. The van der Waals surface area contributed by atoms with Crippen molar-refractivity contribution in [2.45, 2.75) is 13.0 Å². The molecule has 0 saturated carbocycles. The second-order valence-corrected chi connectivity index (χ2v) is 6.69. The molecule has 6 heteroatoms. The smallest absolute Gasteiger partial charge is 0.224 e. The Morgan fingerprint density at radius 2 is 2.26 bits per heavy atom. The predicted octanol–water partition coefficient (Wildman–Crippen LogP) is 2.78. The lowest BCUT2D eigenvalue weighted by Gasteiger charge is -2.08. The van der Waals surface area contributed by atoms with Crippen molar-refractivity contribution in [1.29, 1.82) is 0 Å². The molecule has 3 heterocycles. The number of aromatic nitrogens is 1. The van der Waals surface area contributed by atoms with E-state index < -0.39 is 0 Å². The fourth-order valence-electron chi connectivity index (χ4n) is 2.76. The summed E-state index contributed by atoms with van der Waals surface area (Å²) >= 11 is 1.61. The molecule has 5 nitrogen and oxygen atoms in total. The van der Waals surface area contributed by atoms with E-state index in [1.807, 2.05) is 30.3 Å². The number of hydrogen-bond acceptors (Lipinski definition) is 5. The number of benzene rings is 1. The van der Waals surface area contributed by atoms with Crippen LogP contribution < -0.4 is 10.6 Å². The number of fused-ring (bicyclic) bond motifs is 1. The van der Waals surface area contributed by atoms with Crippen LogP contribution in [0.2, 0.25) is 0 Å². The number of carbonyl (C=O) groups excluding carboxylic acids is 1. The van der Waals surface area contributed by atoms with E-state index in [1.54, 1.807) is 11.3 Å². The average Bonchev–Trinajstić information content (AvgIpc) is 3.31. The van der Waals surface area contributed by atoms with E-state index in [4.69, 9.17) is 4.42 Å². The highest BCUT2D eigenvalue weighted by Crippen LogP contribution is 2.31. The molecule has 0 radical (unpaired) electrons. The van der Waals surface area contributed by atoms with Gasteiger partial charge in [0, 0.05) is 6.54 Å². The van der Waals surface area contributed by atoms with Crippen molar-refractivity contribution in [2.24, 2.45) is 5.92 Å². The monoisotopic (exact) mass is 327 g/mol. The van der Waals surface area contributed by atoms with Crippen LogP contribution in [0.25, 0.3) is 21.0 Å². The number of nitrogens with one attached hydrogen (secondary N) is 2. The van der Waals surface area contributed by atoms with Crippen LogP contribution in [0, 0.1) is 5.92 Å². The molecule has 3 aromatic rings. The van der Waals surface area contributed by atoms with Gasteiger partial charge < -0.3 is 15.1 Å². The molecular formula is C17H17N3O2S. The normalized spacial score (nSPS) is 17.7. The molecule has 1 unspecified atom stereocenters. The first kappa shape index (κ1) is 14.4. The van der Waals surface area contributed by atoms with Gasteiger partial charge in [-0.1, -0.05) is 12.1 Å². The third-order valence-electron chi connectivity index (χ3n) is 4.03. The fourth-order valence-corrected chi connectivity index (χ4v) is 3.69. The largest absolute Gasteiger partial charge is 0.457 e. The van der Waals surface area contributed by atoms with Gasteiger partial charge in [0.1, 0.15) is 5.76 Å². The van der Waals surface area contributed by atoms with Crippen LogP contribution in [0.4, 0.5) is 0 Å². The van der Waals surface area contributed by atoms with Gasteiger partial charge >= 0.3 is 0 Å². The Morgan fingerprint density at radius 3 is 3.09 bits per heavy atom. The van der Waals surface area contributed by atoms with E-state index in [0.717, 1.165) is 46.3 Å². The van der Waals surface area contributed by atoms with Crippen molar-refractivity contribution in [3.8, 4) is 10.8 Å². The van der Waals surface area contributed by atoms with E-state index in [1.165, 1.54) is 0 Å². The maximum atomic E-state index is 12.0. The molecule has 1 aliphatic heterocycles. The third kappa shape index (κ3) is 3.00. The van der Waals surface area contributed by atoms with Gasteiger partial charge in [-0.15, -0.1) is 11.3 Å². The topological polar surface area (TPSA) is 67.2 Å². The summed E-state index contributed by atoms with van der Waals surface area (Å²) in [6.07, 6.45) is 0.904. The molecule has 2 aromatic heterocycles. The van der Waals surface area contributed by atoms with E-state index in [9.17, 15) is 4.79 Å². The highest BCUT2D eigenvalue weighted by atomic mass is 32.1. The molecule has 23 heavy (non-hydrogen) atoms. The van der Waals surface area contributed by atoms with E-state index in [-0.39, 0.29) is 11.8 Å². The van der Waals surface area contributed by atoms with Crippen molar-refractivity contribution in [2.75, 3.05) is 13.1 Å². The molecule has 1 amide bonds. The maximum absolute atomic E-state index is 12.0. The van der Waals surface area contributed by atoms with E-state index >= 15 is 0 Å². The molecule has 1 saturated heterocycles. The molecule has 2 N–H and O–H groups in total. The quantitative estimate of drug-likeness (QED) is 0.773. The zero-order valence-corrected chi connectivity index (χ0v) is 13.4. The Hall–Kier alpha value is -2.18. The zero-order valence-electron chi connectivity index (χ0n) is 12.5. The standard InChI is InChI=1S/C17H17N3O2S/c21-16(11-7-8-18-9-11)19-10-12-5-6-14(22-12)17-20-13-3-1-2-4-15(13)23-17/h1-6,11,18H,7-10H2,(H,19,21). The Bertz CT molecular complexity index is 800. The minimum absolute atomic E-state index is 0.0775. The fraction of sp³-hybridized carbons (Fsp3) is 0.294. The van der Waals surface area contributed by atoms with Gasteiger partial charge in [0.15, 0.2) is 10.8 Å². The summed E-state index contributed by atoms with van der Waals surface area (Å²) in [5, 5.41) is 7.01. The minimum Gasteiger partial charge on any atom is -0.457 e. The van der Waals surface area contributed by atoms with Crippen LogP contribution in [0.1, 0.15) is 12.2 Å². The number of furan rings is 1. The van der Waals surface area contributed by atoms with Gasteiger partial charge in [0.05, 0.1) is 22.7 Å². The maximum Gasteiger partial charge on any atom is 0.224 e. The lowest BCUT2D eigenvalue weighted by Crippen LogP contribution is -2.31. The zero-order chi connectivity index (χ0) is 15.6. The van der Waals surface area contributed by atoms with Gasteiger partial charge in [0.25, 0.3) is 0 Å². The van der Waals surface area contributed by atoms with Crippen LogP contribution in [-0.4, -0.2) is 24.0 Å². The molecular weight excluding hydrogens is 310 g/mol. The summed E-state index contributed by atoms with van der Waals surface area (Å²) in [5.74, 6) is 1.66. The first-order chi connectivity index (χ1) is 11.3. The Kier molecular flexibility index (Phi) is 3.85. The molecule has 1 aliphatic rings. The Labute approximate surface area is 137 Å². The highest BCUT2D eigenvalue weighted by Gasteiger charge is 2.22. The molecule has 118 valence electrons. The second-order valence-electron chi connectivity index (χ2n) is 5.66. The summed E-state index contributed by atoms with van der Waals surface area (Å²) in [4.78, 5) is 16.6. The van der Waals surface area contributed by atoms with Crippen LogP contribution in [0.3, 0.4) is 0 Å². The summed E-state index contributed by atoms with van der Waals surface area (Å²) in [5.41, 5.74) is 0.979. The molecule has 0 aliphatic carbocycles. The SMILES string of the molecule is O=C(NCc1ccc(-c2nc3ccccc3s2)o1)C1CCNC1. The lowest BCUT2D eigenvalue weighted by molar-refractivity contribution is -0.124. The second kappa shape index (κ2) is 6.14. The number of amides is 1. The molecule has 4 rings (SSSR count). The molecule has 0 spiro atoms. The molecule has 1 fully saturated rings. The van der Waals surface area contributed by atoms with Crippen molar-refractivity contribution in [3.63, 3.8) is 0 Å². The third-order valence-corrected chi connectivity index (χ3v) is 5.09. The van der Waals surface area contributed by atoms with Crippen LogP contribution in [0.5, 0.6) is 0 Å². The number of carbonyl (C=O) groups is 1. The van der Waals surface area contributed by atoms with Gasteiger partial charge in [0.2, 0.25) is 5.91 Å². The number of para-hydroxylation sites is 1. The first-order valence-electron chi connectivity index (χ1n) is 7.73. The summed E-state index contributed by atoms with van der Waals surface area (Å²) in [7, 11) is 0. The van der Waals surface area contributed by atoms with E-state index in [2.05, 4.69) is 21.7 Å². The molecule has 1 atom stereocenters. The van der Waals surface area contributed by atoms with Crippen molar-refractivity contribution in [3.05, 3.63) is 42.2 Å².